The molecule has 1 fully saturated rings. The summed E-state index contributed by atoms with van der Waals surface area (Å²) in [6.45, 7) is 5.57. The Morgan fingerprint density at radius 1 is 1.33 bits per heavy atom. The Morgan fingerprint density at radius 2 is 2.08 bits per heavy atom. The number of carbonyl (C=O) groups is 1. The number of thiophene rings is 1. The maximum atomic E-state index is 12.5. The van der Waals surface area contributed by atoms with E-state index in [4.69, 9.17) is 16.3 Å². The first kappa shape index (κ1) is 17.4. The summed E-state index contributed by atoms with van der Waals surface area (Å²) in [6.07, 6.45) is 0. The summed E-state index contributed by atoms with van der Waals surface area (Å²) in [5.74, 6) is -0.0205. The molecule has 1 aromatic heterocycles. The molecule has 1 unspecified atom stereocenters. The molecule has 1 amide bonds. The molecule has 1 aliphatic rings. The van der Waals surface area contributed by atoms with Gasteiger partial charge in [0.15, 0.2) is 0 Å². The van der Waals surface area contributed by atoms with Gasteiger partial charge in [0.05, 0.1) is 24.1 Å². The number of morpholine rings is 1. The molecule has 0 saturated carbocycles. The Hall–Kier alpha value is -1.40. The normalized spacial score (nSPS) is 16.8. The van der Waals surface area contributed by atoms with Crippen LogP contribution in [0.4, 0.5) is 0 Å². The molecule has 1 atom stereocenters. The second-order valence-electron chi connectivity index (χ2n) is 5.83. The average Bonchev–Trinajstić information content (AvgIpc) is 3.03. The summed E-state index contributed by atoms with van der Waals surface area (Å²) in [4.78, 5) is 15.6. The molecule has 4 nitrogen and oxygen atoms in total. The van der Waals surface area contributed by atoms with Gasteiger partial charge in [0.2, 0.25) is 0 Å². The Kier molecular flexibility index (Phi) is 5.89. The molecule has 0 radical (unpaired) electrons. The van der Waals surface area contributed by atoms with Crippen LogP contribution in [-0.2, 0) is 4.74 Å². The highest BCUT2D eigenvalue weighted by Crippen LogP contribution is 2.28. The maximum Gasteiger partial charge on any atom is 0.261 e. The van der Waals surface area contributed by atoms with Gasteiger partial charge in [-0.15, -0.1) is 11.3 Å². The van der Waals surface area contributed by atoms with Crippen molar-refractivity contribution >= 4 is 28.8 Å². The average molecular weight is 365 g/mol. The fraction of sp³-hybridized carbons (Fsp3) is 0.389. The van der Waals surface area contributed by atoms with Crippen LogP contribution in [0.25, 0.3) is 0 Å². The van der Waals surface area contributed by atoms with Crippen molar-refractivity contribution in [2.75, 3.05) is 32.8 Å². The SMILES string of the molecule is Cc1ccsc1C(=O)NCC(c1ccccc1Cl)N1CCOCC1. The number of ether oxygens (including phenoxy) is 1. The number of hydrogen-bond donors (Lipinski definition) is 1. The minimum Gasteiger partial charge on any atom is -0.379 e. The highest BCUT2D eigenvalue weighted by molar-refractivity contribution is 7.12. The number of amides is 1. The van der Waals surface area contributed by atoms with Gasteiger partial charge in [0, 0.05) is 24.7 Å². The van der Waals surface area contributed by atoms with Crippen LogP contribution in [0.15, 0.2) is 35.7 Å². The lowest BCUT2D eigenvalue weighted by atomic mass is 10.0. The van der Waals surface area contributed by atoms with Crippen molar-refractivity contribution in [3.05, 3.63) is 56.7 Å². The molecule has 2 aromatic rings. The van der Waals surface area contributed by atoms with E-state index in [9.17, 15) is 4.79 Å². The van der Waals surface area contributed by atoms with Gasteiger partial charge in [-0.2, -0.15) is 0 Å². The maximum absolute atomic E-state index is 12.5. The molecule has 1 aromatic carbocycles. The molecule has 1 aliphatic heterocycles. The summed E-state index contributed by atoms with van der Waals surface area (Å²) < 4.78 is 5.46. The minimum absolute atomic E-state index is 0.0205. The first-order chi connectivity index (χ1) is 11.7. The van der Waals surface area contributed by atoms with Crippen molar-refractivity contribution in [1.82, 2.24) is 10.2 Å². The van der Waals surface area contributed by atoms with E-state index < -0.39 is 0 Å². The number of carbonyl (C=O) groups excluding carboxylic acids is 1. The van der Waals surface area contributed by atoms with E-state index in [0.29, 0.717) is 19.8 Å². The summed E-state index contributed by atoms with van der Waals surface area (Å²) in [5.41, 5.74) is 2.06. The van der Waals surface area contributed by atoms with Gasteiger partial charge in [0.25, 0.3) is 5.91 Å². The second kappa shape index (κ2) is 8.12. The van der Waals surface area contributed by atoms with E-state index in [2.05, 4.69) is 10.2 Å². The van der Waals surface area contributed by atoms with Crippen molar-refractivity contribution in [3.63, 3.8) is 0 Å². The van der Waals surface area contributed by atoms with Gasteiger partial charge in [-0.05, 0) is 35.6 Å². The predicted molar refractivity (Wildman–Crippen MR) is 98.0 cm³/mol. The first-order valence-corrected chi connectivity index (χ1v) is 9.31. The molecule has 1 saturated heterocycles. The molecule has 3 rings (SSSR count). The van der Waals surface area contributed by atoms with Crippen LogP contribution in [0, 0.1) is 6.92 Å². The first-order valence-electron chi connectivity index (χ1n) is 8.05. The molecule has 24 heavy (non-hydrogen) atoms. The van der Waals surface area contributed by atoms with Crippen LogP contribution in [0.2, 0.25) is 5.02 Å². The number of hydrogen-bond acceptors (Lipinski definition) is 4. The number of halogens is 1. The van der Waals surface area contributed by atoms with E-state index >= 15 is 0 Å². The quantitative estimate of drug-likeness (QED) is 0.882. The summed E-state index contributed by atoms with van der Waals surface area (Å²) >= 11 is 7.88. The van der Waals surface area contributed by atoms with Gasteiger partial charge in [-0.3, -0.25) is 9.69 Å². The predicted octanol–water partition coefficient (Wildman–Crippen LogP) is 3.51. The Balaban J connectivity index is 1.76. The minimum atomic E-state index is -0.0205. The standard InChI is InChI=1S/C18H21ClN2O2S/c1-13-6-11-24-17(13)18(22)20-12-16(21-7-9-23-10-8-21)14-4-2-3-5-15(14)19/h2-6,11,16H,7-10,12H2,1H3,(H,20,22). The monoisotopic (exact) mass is 364 g/mol. The van der Waals surface area contributed by atoms with Crippen LogP contribution < -0.4 is 5.32 Å². The molecule has 0 bridgehead atoms. The molecule has 1 N–H and O–H groups in total. The van der Waals surface area contributed by atoms with Gasteiger partial charge >= 0.3 is 0 Å². The zero-order chi connectivity index (χ0) is 16.9. The number of nitrogens with zero attached hydrogens (tertiary/aromatic N) is 1. The van der Waals surface area contributed by atoms with Crippen LogP contribution in [0.3, 0.4) is 0 Å². The summed E-state index contributed by atoms with van der Waals surface area (Å²) in [5, 5.41) is 5.75. The molecule has 128 valence electrons. The molecular formula is C18H21ClN2O2S. The van der Waals surface area contributed by atoms with Gasteiger partial charge < -0.3 is 10.1 Å². The smallest absolute Gasteiger partial charge is 0.261 e. The largest absolute Gasteiger partial charge is 0.379 e. The third kappa shape index (κ3) is 3.98. The fourth-order valence-corrected chi connectivity index (χ4v) is 4.05. The Labute approximate surface area is 151 Å². The molecule has 0 spiro atoms. The van der Waals surface area contributed by atoms with Crippen molar-refractivity contribution < 1.29 is 9.53 Å². The van der Waals surface area contributed by atoms with E-state index in [1.165, 1.54) is 11.3 Å². The van der Waals surface area contributed by atoms with E-state index in [-0.39, 0.29) is 11.9 Å². The zero-order valence-electron chi connectivity index (χ0n) is 13.6. The Bertz CT molecular complexity index is 698. The number of nitrogens with one attached hydrogen (secondary N) is 1. The zero-order valence-corrected chi connectivity index (χ0v) is 15.2. The van der Waals surface area contributed by atoms with Crippen molar-refractivity contribution in [3.8, 4) is 0 Å². The molecule has 2 heterocycles. The van der Waals surface area contributed by atoms with Crippen molar-refractivity contribution in [2.24, 2.45) is 0 Å². The van der Waals surface area contributed by atoms with Crippen LogP contribution in [0.5, 0.6) is 0 Å². The van der Waals surface area contributed by atoms with Crippen molar-refractivity contribution in [2.45, 2.75) is 13.0 Å². The highest BCUT2D eigenvalue weighted by Gasteiger charge is 2.25. The summed E-state index contributed by atoms with van der Waals surface area (Å²) in [7, 11) is 0. The van der Waals surface area contributed by atoms with Crippen LogP contribution in [-0.4, -0.2) is 43.7 Å². The van der Waals surface area contributed by atoms with E-state index in [0.717, 1.165) is 34.1 Å². The van der Waals surface area contributed by atoms with Crippen LogP contribution in [0.1, 0.15) is 26.8 Å². The summed E-state index contributed by atoms with van der Waals surface area (Å²) in [6, 6.07) is 9.86. The lowest BCUT2D eigenvalue weighted by Crippen LogP contribution is -2.43. The third-order valence-electron chi connectivity index (χ3n) is 4.27. The third-order valence-corrected chi connectivity index (χ3v) is 5.63. The molecule has 0 aliphatic carbocycles. The lowest BCUT2D eigenvalue weighted by molar-refractivity contribution is 0.0162. The van der Waals surface area contributed by atoms with Crippen LogP contribution >= 0.6 is 22.9 Å². The molecule has 6 heteroatoms. The second-order valence-corrected chi connectivity index (χ2v) is 7.15. The Morgan fingerprint density at radius 3 is 2.75 bits per heavy atom. The highest BCUT2D eigenvalue weighted by atomic mass is 35.5. The van der Waals surface area contributed by atoms with Gasteiger partial charge in [-0.1, -0.05) is 29.8 Å². The topological polar surface area (TPSA) is 41.6 Å². The van der Waals surface area contributed by atoms with Gasteiger partial charge in [0.1, 0.15) is 0 Å². The van der Waals surface area contributed by atoms with Gasteiger partial charge in [-0.25, -0.2) is 0 Å². The number of aryl methyl sites for hydroxylation is 1. The fourth-order valence-electron chi connectivity index (χ4n) is 2.95. The van der Waals surface area contributed by atoms with Crippen molar-refractivity contribution in [1.29, 1.82) is 0 Å². The molecular weight excluding hydrogens is 344 g/mol. The lowest BCUT2D eigenvalue weighted by Gasteiger charge is -2.35. The van der Waals surface area contributed by atoms with E-state index in [1.54, 1.807) is 0 Å². The number of benzene rings is 1. The number of rotatable bonds is 5. The van der Waals surface area contributed by atoms with E-state index in [1.807, 2.05) is 42.6 Å².